The lowest BCUT2D eigenvalue weighted by Crippen LogP contribution is -2.46. The van der Waals surface area contributed by atoms with Crippen LogP contribution >= 0.6 is 0 Å². The van der Waals surface area contributed by atoms with Crippen LogP contribution in [0.3, 0.4) is 0 Å². The lowest BCUT2D eigenvalue weighted by Gasteiger charge is -2.33. The molecule has 0 N–H and O–H groups in total. The first kappa shape index (κ1) is 21.7. The second-order valence-electron chi connectivity index (χ2n) is 8.45. The van der Waals surface area contributed by atoms with Crippen molar-refractivity contribution in [3.63, 3.8) is 0 Å². The lowest BCUT2D eigenvalue weighted by atomic mass is 10.1. The minimum atomic E-state index is 0.0123. The zero-order chi connectivity index (χ0) is 21.6. The third kappa shape index (κ3) is 5.77. The Balaban J connectivity index is 1.27. The first-order chi connectivity index (χ1) is 15.1. The maximum Gasteiger partial charge on any atom is 0.236 e. The van der Waals surface area contributed by atoms with Crippen LogP contribution in [0.25, 0.3) is 0 Å². The van der Waals surface area contributed by atoms with Gasteiger partial charge in [-0.15, -0.1) is 0 Å². The lowest BCUT2D eigenvalue weighted by molar-refractivity contribution is -0.135. The number of piperidine rings is 1. The van der Waals surface area contributed by atoms with Gasteiger partial charge in [0.05, 0.1) is 26.4 Å². The molecule has 1 atom stereocenters. The summed E-state index contributed by atoms with van der Waals surface area (Å²) in [7, 11) is 1.66. The molecule has 0 spiro atoms. The molecule has 6 heteroatoms. The molecule has 2 aromatic carbocycles. The van der Waals surface area contributed by atoms with Crippen LogP contribution in [-0.2, 0) is 22.7 Å². The van der Waals surface area contributed by atoms with E-state index in [1.165, 1.54) is 5.56 Å². The monoisotopic (exact) mass is 424 g/mol. The van der Waals surface area contributed by atoms with E-state index in [-0.39, 0.29) is 18.1 Å². The van der Waals surface area contributed by atoms with Crippen LogP contribution in [0, 0.1) is 0 Å². The van der Waals surface area contributed by atoms with Crippen LogP contribution in [0.4, 0.5) is 0 Å². The summed E-state index contributed by atoms with van der Waals surface area (Å²) < 4.78 is 17.4. The van der Waals surface area contributed by atoms with Gasteiger partial charge in [-0.05, 0) is 31.4 Å². The Bertz CT molecular complexity index is 865. The normalized spacial score (nSPS) is 19.9. The Morgan fingerprint density at radius 3 is 2.65 bits per heavy atom. The molecule has 1 amide bonds. The summed E-state index contributed by atoms with van der Waals surface area (Å²) in [5.41, 5.74) is 2.28. The number of carbonyl (C=O) groups excluding carboxylic acids is 1. The minimum Gasteiger partial charge on any atom is -0.497 e. The Morgan fingerprint density at radius 1 is 1.13 bits per heavy atom. The molecule has 1 saturated heterocycles. The molecule has 2 aliphatic rings. The van der Waals surface area contributed by atoms with E-state index >= 15 is 0 Å². The van der Waals surface area contributed by atoms with Gasteiger partial charge in [-0.2, -0.15) is 0 Å². The Kier molecular flexibility index (Phi) is 7.10. The van der Waals surface area contributed by atoms with Crippen LogP contribution < -0.4 is 9.47 Å². The van der Waals surface area contributed by atoms with Crippen LogP contribution in [0.1, 0.15) is 30.9 Å². The van der Waals surface area contributed by atoms with Crippen LogP contribution in [-0.4, -0.2) is 61.2 Å². The van der Waals surface area contributed by atoms with Crippen molar-refractivity contribution in [2.45, 2.75) is 45.1 Å². The zero-order valence-corrected chi connectivity index (χ0v) is 18.5. The highest BCUT2D eigenvalue weighted by molar-refractivity contribution is 5.78. The molecule has 2 aromatic rings. The van der Waals surface area contributed by atoms with Crippen molar-refractivity contribution in [2.75, 3.05) is 33.3 Å². The van der Waals surface area contributed by atoms with E-state index in [1.807, 2.05) is 48.2 Å². The van der Waals surface area contributed by atoms with Gasteiger partial charge in [-0.25, -0.2) is 0 Å². The molecule has 2 aliphatic heterocycles. The quantitative estimate of drug-likeness (QED) is 0.711. The van der Waals surface area contributed by atoms with Gasteiger partial charge >= 0.3 is 0 Å². The van der Waals surface area contributed by atoms with Crippen molar-refractivity contribution < 1.29 is 19.0 Å². The van der Waals surface area contributed by atoms with Crippen molar-refractivity contribution in [3.05, 3.63) is 59.7 Å². The summed E-state index contributed by atoms with van der Waals surface area (Å²) in [6, 6.07) is 16.1. The van der Waals surface area contributed by atoms with E-state index in [0.717, 1.165) is 49.5 Å². The Labute approximate surface area is 184 Å². The number of hydrogen-bond donors (Lipinski definition) is 0. The summed E-state index contributed by atoms with van der Waals surface area (Å²) in [5, 5.41) is 0. The van der Waals surface area contributed by atoms with Crippen molar-refractivity contribution in [3.8, 4) is 11.5 Å². The molecule has 166 valence electrons. The number of carbonyl (C=O) groups is 1. The highest BCUT2D eigenvalue weighted by Crippen LogP contribution is 2.29. The van der Waals surface area contributed by atoms with Gasteiger partial charge < -0.3 is 19.1 Å². The van der Waals surface area contributed by atoms with Crippen LogP contribution in [0.15, 0.2) is 48.5 Å². The number of hydrogen-bond acceptors (Lipinski definition) is 5. The van der Waals surface area contributed by atoms with Crippen molar-refractivity contribution in [1.82, 2.24) is 9.80 Å². The standard InChI is InChI=1S/C25H32N2O4/c1-19-15-26(16-21-8-9-23(29-2)14-24(21)31-19)17-25(28)27-12-10-22(11-13-27)30-18-20-6-4-3-5-7-20/h3-9,14,19,22H,10-13,15-18H2,1-2H3. The molecular weight excluding hydrogens is 392 g/mol. The number of likely N-dealkylation sites (tertiary alicyclic amines) is 1. The van der Waals surface area contributed by atoms with Crippen LogP contribution in [0.5, 0.6) is 11.5 Å². The predicted molar refractivity (Wildman–Crippen MR) is 119 cm³/mol. The number of ether oxygens (including phenoxy) is 3. The fourth-order valence-electron chi connectivity index (χ4n) is 4.30. The molecular formula is C25H32N2O4. The van der Waals surface area contributed by atoms with Crippen molar-refractivity contribution in [2.24, 2.45) is 0 Å². The third-order valence-corrected chi connectivity index (χ3v) is 5.99. The fourth-order valence-corrected chi connectivity index (χ4v) is 4.30. The van der Waals surface area contributed by atoms with E-state index < -0.39 is 0 Å². The molecule has 2 heterocycles. The number of benzene rings is 2. The Morgan fingerprint density at radius 2 is 1.90 bits per heavy atom. The molecule has 6 nitrogen and oxygen atoms in total. The fraction of sp³-hybridized carbons (Fsp3) is 0.480. The van der Waals surface area contributed by atoms with E-state index in [1.54, 1.807) is 7.11 Å². The minimum absolute atomic E-state index is 0.0123. The van der Waals surface area contributed by atoms with Gasteiger partial charge in [0.25, 0.3) is 0 Å². The number of methoxy groups -OCH3 is 1. The van der Waals surface area contributed by atoms with Crippen LogP contribution in [0.2, 0.25) is 0 Å². The summed E-state index contributed by atoms with van der Waals surface area (Å²) in [4.78, 5) is 17.1. The summed E-state index contributed by atoms with van der Waals surface area (Å²) in [5.74, 6) is 1.82. The number of rotatable bonds is 6. The molecule has 0 radical (unpaired) electrons. The van der Waals surface area contributed by atoms with E-state index in [2.05, 4.69) is 17.0 Å². The van der Waals surface area contributed by atoms with E-state index in [9.17, 15) is 4.79 Å². The summed E-state index contributed by atoms with van der Waals surface area (Å²) >= 11 is 0. The average Bonchev–Trinajstić information content (AvgIpc) is 2.95. The van der Waals surface area contributed by atoms with Gasteiger partial charge in [0.2, 0.25) is 5.91 Å². The molecule has 0 bridgehead atoms. The number of amides is 1. The van der Waals surface area contributed by atoms with Crippen molar-refractivity contribution >= 4 is 5.91 Å². The summed E-state index contributed by atoms with van der Waals surface area (Å²) in [6.45, 7) is 6.02. The smallest absolute Gasteiger partial charge is 0.236 e. The zero-order valence-electron chi connectivity index (χ0n) is 18.5. The number of fused-ring (bicyclic) bond motifs is 1. The second-order valence-corrected chi connectivity index (χ2v) is 8.45. The van der Waals surface area contributed by atoms with Gasteiger partial charge in [0.15, 0.2) is 0 Å². The topological polar surface area (TPSA) is 51.2 Å². The molecule has 4 rings (SSSR count). The van der Waals surface area contributed by atoms with E-state index in [0.29, 0.717) is 19.7 Å². The molecule has 0 saturated carbocycles. The molecule has 0 aliphatic carbocycles. The molecule has 1 fully saturated rings. The molecule has 1 unspecified atom stereocenters. The van der Waals surface area contributed by atoms with Gasteiger partial charge in [-0.1, -0.05) is 36.4 Å². The molecule has 0 aromatic heterocycles. The van der Waals surface area contributed by atoms with E-state index in [4.69, 9.17) is 14.2 Å². The van der Waals surface area contributed by atoms with Gasteiger partial charge in [-0.3, -0.25) is 9.69 Å². The highest BCUT2D eigenvalue weighted by Gasteiger charge is 2.27. The summed E-state index contributed by atoms with van der Waals surface area (Å²) in [6.07, 6.45) is 2.01. The largest absolute Gasteiger partial charge is 0.497 e. The third-order valence-electron chi connectivity index (χ3n) is 5.99. The van der Waals surface area contributed by atoms with Crippen molar-refractivity contribution in [1.29, 1.82) is 0 Å². The first-order valence-electron chi connectivity index (χ1n) is 11.1. The highest BCUT2D eigenvalue weighted by atomic mass is 16.5. The average molecular weight is 425 g/mol. The SMILES string of the molecule is COc1ccc2c(c1)OC(C)CN(CC(=O)N1CCC(OCc3ccccc3)CC1)C2. The second kappa shape index (κ2) is 10.2. The van der Waals surface area contributed by atoms with Gasteiger partial charge in [0, 0.05) is 37.8 Å². The van der Waals surface area contributed by atoms with Gasteiger partial charge in [0.1, 0.15) is 17.6 Å². The number of nitrogens with zero attached hydrogens (tertiary/aromatic N) is 2. The Hall–Kier alpha value is -2.57. The maximum atomic E-state index is 13.0. The predicted octanol–water partition coefficient (Wildman–Crippen LogP) is 3.49. The molecule has 31 heavy (non-hydrogen) atoms. The first-order valence-corrected chi connectivity index (χ1v) is 11.1. The maximum absolute atomic E-state index is 13.0.